The first-order valence-corrected chi connectivity index (χ1v) is 11.3. The lowest BCUT2D eigenvalue weighted by Gasteiger charge is -2.09. The van der Waals surface area contributed by atoms with Gasteiger partial charge in [0.1, 0.15) is 17.2 Å². The number of nitrogens with zero attached hydrogens (tertiary/aromatic N) is 4. The Balaban J connectivity index is 0.000000266. The Morgan fingerprint density at radius 1 is 1.08 bits per heavy atom. The Kier molecular flexibility index (Phi) is 8.25. The van der Waals surface area contributed by atoms with Gasteiger partial charge in [0.25, 0.3) is 11.1 Å². The van der Waals surface area contributed by atoms with Crippen LogP contribution in [-0.4, -0.2) is 24.7 Å². The highest BCUT2D eigenvalue weighted by Gasteiger charge is 2.36. The lowest BCUT2D eigenvalue weighted by atomic mass is 10.1. The van der Waals surface area contributed by atoms with Crippen molar-refractivity contribution >= 4 is 22.3 Å². The number of anilines is 2. The lowest BCUT2D eigenvalue weighted by Crippen LogP contribution is -2.24. The molecule has 13 heteroatoms. The molecule has 196 valence electrons. The minimum atomic E-state index is -4.74. The minimum absolute atomic E-state index is 0.177. The summed E-state index contributed by atoms with van der Waals surface area (Å²) in [6.07, 6.45) is 0.834. The number of hydrogen-bond donors (Lipinski definition) is 3. The molecular weight excluding hydrogens is 494 g/mol. The third kappa shape index (κ3) is 6.48. The van der Waals surface area contributed by atoms with Gasteiger partial charge in [0, 0.05) is 24.5 Å². The van der Waals surface area contributed by atoms with Crippen molar-refractivity contribution in [2.24, 2.45) is 0 Å². The van der Waals surface area contributed by atoms with Crippen molar-refractivity contribution in [3.63, 3.8) is 0 Å². The number of benzene rings is 1. The smallest absolute Gasteiger partial charge is 0.397 e. The molecule has 5 N–H and O–H groups in total. The highest BCUT2D eigenvalue weighted by atomic mass is 19.4. The maximum Gasteiger partial charge on any atom is 0.423 e. The lowest BCUT2D eigenvalue weighted by molar-refractivity contribution is -0.138. The van der Waals surface area contributed by atoms with Crippen LogP contribution in [0.1, 0.15) is 37.4 Å². The molecule has 0 unspecified atom stereocenters. The number of aromatic amines is 1. The quantitative estimate of drug-likeness (QED) is 0.266. The van der Waals surface area contributed by atoms with Gasteiger partial charge in [-0.1, -0.05) is 19.8 Å². The largest absolute Gasteiger partial charge is 0.423 e. The standard InChI is InChI=1S/C19H21FN4O.C5H4F3N3O/c1-3-4-5-7-24-8-6-13-10-15(16(20)11-14(13)19(24)25)18-22-12(2)9-17(21)23-18;6-5(7,8)3-2(9)1-10-11-4(3)12/h6,8-11H,3-5,7H2,1-2H3,(H2,21,22,23);1H,(H3,9,11,12). The molecule has 0 radical (unpaired) electrons. The number of halogens is 4. The van der Waals surface area contributed by atoms with Crippen molar-refractivity contribution in [1.82, 2.24) is 24.7 Å². The number of alkyl halides is 3. The van der Waals surface area contributed by atoms with E-state index in [1.807, 2.05) is 6.07 Å². The van der Waals surface area contributed by atoms with Crippen molar-refractivity contribution in [2.45, 2.75) is 45.8 Å². The van der Waals surface area contributed by atoms with Gasteiger partial charge >= 0.3 is 6.18 Å². The average Bonchev–Trinajstić information content (AvgIpc) is 2.79. The van der Waals surface area contributed by atoms with Crippen molar-refractivity contribution < 1.29 is 17.6 Å². The molecule has 9 nitrogen and oxygen atoms in total. The number of pyridine rings is 1. The maximum atomic E-state index is 14.6. The van der Waals surface area contributed by atoms with Gasteiger partial charge in [-0.2, -0.15) is 18.3 Å². The summed E-state index contributed by atoms with van der Waals surface area (Å²) in [5.41, 5.74) is 7.95. The van der Waals surface area contributed by atoms with Gasteiger partial charge in [-0.25, -0.2) is 19.5 Å². The zero-order chi connectivity index (χ0) is 27.3. The van der Waals surface area contributed by atoms with Crippen LogP contribution >= 0.6 is 0 Å². The van der Waals surface area contributed by atoms with Crippen LogP contribution < -0.4 is 22.6 Å². The average molecular weight is 520 g/mol. The van der Waals surface area contributed by atoms with Gasteiger partial charge in [0.15, 0.2) is 5.82 Å². The second-order valence-electron chi connectivity index (χ2n) is 8.23. The number of hydrogen-bond acceptors (Lipinski definition) is 7. The fourth-order valence-electron chi connectivity index (χ4n) is 3.60. The maximum absolute atomic E-state index is 14.6. The molecule has 0 saturated carbocycles. The van der Waals surface area contributed by atoms with E-state index in [4.69, 9.17) is 11.5 Å². The molecule has 3 heterocycles. The van der Waals surface area contributed by atoms with E-state index in [1.165, 1.54) is 6.07 Å². The first kappa shape index (κ1) is 27.3. The normalized spacial score (nSPS) is 11.3. The van der Waals surface area contributed by atoms with Crippen LogP contribution in [0, 0.1) is 12.7 Å². The number of H-pyrrole nitrogens is 1. The first-order valence-electron chi connectivity index (χ1n) is 11.3. The number of aryl methyl sites for hydroxylation is 2. The van der Waals surface area contributed by atoms with Crippen LogP contribution in [0.4, 0.5) is 29.1 Å². The van der Waals surface area contributed by atoms with Crippen molar-refractivity contribution in [3.05, 3.63) is 74.4 Å². The Morgan fingerprint density at radius 3 is 2.41 bits per heavy atom. The highest BCUT2D eigenvalue weighted by molar-refractivity contribution is 5.86. The summed E-state index contributed by atoms with van der Waals surface area (Å²) < 4.78 is 52.2. The fraction of sp³-hybridized carbons (Fsp3) is 0.292. The number of fused-ring (bicyclic) bond motifs is 1. The topological polar surface area (TPSA) is 146 Å². The highest BCUT2D eigenvalue weighted by Crippen LogP contribution is 2.29. The molecule has 0 fully saturated rings. The summed E-state index contributed by atoms with van der Waals surface area (Å²) in [5, 5.41) is 5.76. The number of unbranched alkanes of at least 4 members (excludes halogenated alkanes) is 2. The van der Waals surface area contributed by atoms with Crippen LogP contribution in [0.5, 0.6) is 0 Å². The molecule has 37 heavy (non-hydrogen) atoms. The third-order valence-electron chi connectivity index (χ3n) is 5.35. The monoisotopic (exact) mass is 519 g/mol. The third-order valence-corrected chi connectivity index (χ3v) is 5.35. The SMILES string of the molecule is CCCCCn1ccc2cc(-c3nc(C)cc(N)n3)c(F)cc2c1=O.Nc1cn[nH]c(=O)c1C(F)(F)F. The van der Waals surface area contributed by atoms with Gasteiger partial charge in [-0.3, -0.25) is 9.59 Å². The van der Waals surface area contributed by atoms with Crippen LogP contribution in [0.3, 0.4) is 0 Å². The summed E-state index contributed by atoms with van der Waals surface area (Å²) in [7, 11) is 0. The summed E-state index contributed by atoms with van der Waals surface area (Å²) in [4.78, 5) is 31.5. The minimum Gasteiger partial charge on any atom is -0.397 e. The Hall–Kier alpha value is -4.29. The van der Waals surface area contributed by atoms with Gasteiger partial charge in [0.05, 0.1) is 22.8 Å². The molecule has 3 aromatic heterocycles. The van der Waals surface area contributed by atoms with E-state index < -0.39 is 28.8 Å². The number of aromatic nitrogens is 5. The predicted octanol–water partition coefficient (Wildman–Crippen LogP) is 4.05. The van der Waals surface area contributed by atoms with E-state index in [-0.39, 0.29) is 22.8 Å². The zero-order valence-corrected chi connectivity index (χ0v) is 20.1. The van der Waals surface area contributed by atoms with Crippen LogP contribution in [-0.2, 0) is 12.7 Å². The molecule has 0 aliphatic rings. The summed E-state index contributed by atoms with van der Waals surface area (Å²) in [6, 6.07) is 6.32. The van der Waals surface area contributed by atoms with Gasteiger partial charge < -0.3 is 16.0 Å². The Labute approximate surface area is 208 Å². The summed E-state index contributed by atoms with van der Waals surface area (Å²) in [5.74, 6) is -0.0155. The number of nitrogens with two attached hydrogens (primary N) is 2. The molecule has 0 atom stereocenters. The second-order valence-corrected chi connectivity index (χ2v) is 8.23. The molecule has 0 saturated heterocycles. The van der Waals surface area contributed by atoms with Crippen molar-refractivity contribution in [1.29, 1.82) is 0 Å². The molecular formula is C24H25F4N7O2. The zero-order valence-electron chi connectivity index (χ0n) is 20.1. The molecule has 4 rings (SSSR count). The van der Waals surface area contributed by atoms with E-state index >= 15 is 0 Å². The molecule has 0 bridgehead atoms. The van der Waals surface area contributed by atoms with Gasteiger partial charge in [-0.05, 0) is 36.9 Å². The van der Waals surface area contributed by atoms with Crippen LogP contribution in [0.15, 0.2) is 46.2 Å². The van der Waals surface area contributed by atoms with E-state index in [9.17, 15) is 27.2 Å². The molecule has 1 aromatic carbocycles. The number of nitrogen functional groups attached to an aromatic ring is 2. The van der Waals surface area contributed by atoms with Crippen molar-refractivity contribution in [2.75, 3.05) is 11.5 Å². The number of nitrogens with one attached hydrogen (secondary N) is 1. The number of rotatable bonds is 5. The predicted molar refractivity (Wildman–Crippen MR) is 132 cm³/mol. The molecule has 0 amide bonds. The summed E-state index contributed by atoms with van der Waals surface area (Å²) >= 11 is 0. The van der Waals surface area contributed by atoms with E-state index in [1.54, 1.807) is 34.9 Å². The van der Waals surface area contributed by atoms with Gasteiger partial charge in [-0.15, -0.1) is 0 Å². The van der Waals surface area contributed by atoms with Crippen LogP contribution in [0.25, 0.3) is 22.2 Å². The van der Waals surface area contributed by atoms with Gasteiger partial charge in [0.2, 0.25) is 0 Å². The van der Waals surface area contributed by atoms with Crippen LogP contribution in [0.2, 0.25) is 0 Å². The Morgan fingerprint density at radius 2 is 1.81 bits per heavy atom. The molecule has 0 aliphatic carbocycles. The Bertz CT molecular complexity index is 1510. The first-order chi connectivity index (χ1) is 17.4. The fourth-order valence-corrected chi connectivity index (χ4v) is 3.60. The summed E-state index contributed by atoms with van der Waals surface area (Å²) in [6.45, 7) is 4.53. The second kappa shape index (κ2) is 11.2. The van der Waals surface area contributed by atoms with Crippen molar-refractivity contribution in [3.8, 4) is 11.4 Å². The van der Waals surface area contributed by atoms with E-state index in [0.29, 0.717) is 23.0 Å². The van der Waals surface area contributed by atoms with E-state index in [2.05, 4.69) is 22.0 Å². The molecule has 4 aromatic rings. The van der Waals surface area contributed by atoms with E-state index in [0.717, 1.165) is 25.5 Å². The molecule has 0 aliphatic heterocycles. The molecule has 0 spiro atoms.